The van der Waals surface area contributed by atoms with Gasteiger partial charge < -0.3 is 16.0 Å². The molecule has 0 aliphatic carbocycles. The summed E-state index contributed by atoms with van der Waals surface area (Å²) in [5.74, 6) is 0.183. The molecule has 4 N–H and O–H groups in total. The first-order valence-corrected chi connectivity index (χ1v) is 8.37. The van der Waals surface area contributed by atoms with E-state index < -0.39 is 6.04 Å². The van der Waals surface area contributed by atoms with Crippen molar-refractivity contribution in [1.29, 1.82) is 0 Å². The molecule has 0 aliphatic rings. The molecule has 3 aromatic heterocycles. The molecule has 0 saturated heterocycles. The number of nitrogens with one attached hydrogen (secondary N) is 2. The van der Waals surface area contributed by atoms with Crippen molar-refractivity contribution >= 4 is 33.4 Å². The summed E-state index contributed by atoms with van der Waals surface area (Å²) in [7, 11) is 0. The summed E-state index contributed by atoms with van der Waals surface area (Å²) in [5, 5.41) is 6.29. The standard InChI is InChI=1S/C16H19N5OS/c1-9(2)7-12(17)15(22)21-16-20-13(8-23-16)10-3-5-18-14-11(10)4-6-19-14/h3-6,8-9,12H,7,17H2,1-2H3,(H,18,19)(H,20,21,22)/t12-/m1/s1. The second kappa shape index (κ2) is 6.47. The maximum absolute atomic E-state index is 12.1. The summed E-state index contributed by atoms with van der Waals surface area (Å²) in [5.41, 5.74) is 8.52. The minimum atomic E-state index is -0.514. The second-order valence-electron chi connectivity index (χ2n) is 5.86. The van der Waals surface area contributed by atoms with Crippen LogP contribution in [0.3, 0.4) is 0 Å². The summed E-state index contributed by atoms with van der Waals surface area (Å²) in [6, 6.07) is 3.37. The molecule has 0 aromatic carbocycles. The number of fused-ring (bicyclic) bond motifs is 1. The first kappa shape index (κ1) is 15.6. The number of aromatic amines is 1. The molecule has 0 bridgehead atoms. The van der Waals surface area contributed by atoms with Gasteiger partial charge in [0.15, 0.2) is 5.13 Å². The molecule has 3 aromatic rings. The van der Waals surface area contributed by atoms with Crippen molar-refractivity contribution in [3.63, 3.8) is 0 Å². The van der Waals surface area contributed by atoms with Crippen LogP contribution in [0, 0.1) is 5.92 Å². The van der Waals surface area contributed by atoms with Gasteiger partial charge in [-0.2, -0.15) is 0 Å². The molecule has 0 fully saturated rings. The predicted octanol–water partition coefficient (Wildman–Crippen LogP) is 3.00. The fraction of sp³-hybridized carbons (Fsp3) is 0.312. The number of hydrogen-bond acceptors (Lipinski definition) is 5. The van der Waals surface area contributed by atoms with Gasteiger partial charge in [0.2, 0.25) is 5.91 Å². The summed E-state index contributed by atoms with van der Waals surface area (Å²) in [6.07, 6.45) is 4.24. The molecule has 0 aliphatic heterocycles. The quantitative estimate of drug-likeness (QED) is 0.670. The first-order valence-electron chi connectivity index (χ1n) is 7.49. The van der Waals surface area contributed by atoms with Crippen LogP contribution in [-0.2, 0) is 4.79 Å². The molecule has 23 heavy (non-hydrogen) atoms. The highest BCUT2D eigenvalue weighted by atomic mass is 32.1. The number of carbonyl (C=O) groups is 1. The lowest BCUT2D eigenvalue weighted by Gasteiger charge is -2.12. The summed E-state index contributed by atoms with van der Waals surface area (Å²) < 4.78 is 0. The van der Waals surface area contributed by atoms with Gasteiger partial charge in [-0.3, -0.25) is 4.79 Å². The van der Waals surface area contributed by atoms with Gasteiger partial charge >= 0.3 is 0 Å². The summed E-state index contributed by atoms with van der Waals surface area (Å²) in [6.45, 7) is 4.08. The van der Waals surface area contributed by atoms with Crippen molar-refractivity contribution in [1.82, 2.24) is 15.0 Å². The second-order valence-corrected chi connectivity index (χ2v) is 6.72. The Morgan fingerprint density at radius 2 is 2.26 bits per heavy atom. The Labute approximate surface area is 138 Å². The third kappa shape index (κ3) is 3.40. The van der Waals surface area contributed by atoms with Gasteiger partial charge in [-0.1, -0.05) is 13.8 Å². The minimum absolute atomic E-state index is 0.193. The number of pyridine rings is 1. The van der Waals surface area contributed by atoms with Crippen molar-refractivity contribution in [2.45, 2.75) is 26.3 Å². The van der Waals surface area contributed by atoms with Crippen molar-refractivity contribution in [3.05, 3.63) is 29.9 Å². The zero-order chi connectivity index (χ0) is 16.4. The zero-order valence-electron chi connectivity index (χ0n) is 13.0. The number of aromatic nitrogens is 3. The van der Waals surface area contributed by atoms with Gasteiger partial charge in [-0.25, -0.2) is 9.97 Å². The molecule has 1 amide bonds. The number of rotatable bonds is 5. The number of carbonyl (C=O) groups excluding carboxylic acids is 1. The third-order valence-electron chi connectivity index (χ3n) is 3.53. The number of anilines is 1. The Morgan fingerprint density at radius 3 is 3.04 bits per heavy atom. The number of thiazole rings is 1. The van der Waals surface area contributed by atoms with Crippen molar-refractivity contribution in [2.75, 3.05) is 5.32 Å². The van der Waals surface area contributed by atoms with Crippen LogP contribution in [0.15, 0.2) is 29.9 Å². The Kier molecular flexibility index (Phi) is 4.40. The highest BCUT2D eigenvalue weighted by molar-refractivity contribution is 7.14. The van der Waals surface area contributed by atoms with Crippen LogP contribution in [-0.4, -0.2) is 26.9 Å². The van der Waals surface area contributed by atoms with E-state index in [4.69, 9.17) is 5.73 Å². The van der Waals surface area contributed by atoms with E-state index in [1.165, 1.54) is 11.3 Å². The topological polar surface area (TPSA) is 96.7 Å². The molecule has 7 heteroatoms. The molecule has 3 heterocycles. The lowest BCUT2D eigenvalue weighted by atomic mass is 10.0. The summed E-state index contributed by atoms with van der Waals surface area (Å²) >= 11 is 1.39. The molecule has 3 rings (SSSR count). The van der Waals surface area contributed by atoms with Crippen LogP contribution in [0.2, 0.25) is 0 Å². The number of amides is 1. The SMILES string of the molecule is CC(C)C[C@@H](N)C(=O)Nc1nc(-c2ccnc3[nH]ccc23)cs1. The van der Waals surface area contributed by atoms with Crippen LogP contribution in [0.1, 0.15) is 20.3 Å². The van der Waals surface area contributed by atoms with Crippen LogP contribution in [0.5, 0.6) is 0 Å². The summed E-state index contributed by atoms with van der Waals surface area (Å²) in [4.78, 5) is 23.9. The van der Waals surface area contributed by atoms with Crippen LogP contribution < -0.4 is 11.1 Å². The van der Waals surface area contributed by atoms with E-state index in [-0.39, 0.29) is 5.91 Å². The van der Waals surface area contributed by atoms with Gasteiger partial charge in [-0.15, -0.1) is 11.3 Å². The van der Waals surface area contributed by atoms with Gasteiger partial charge in [0.1, 0.15) is 5.65 Å². The first-order chi connectivity index (χ1) is 11.0. The lowest BCUT2D eigenvalue weighted by Crippen LogP contribution is -2.36. The molecular formula is C16H19N5OS. The van der Waals surface area contributed by atoms with Crippen LogP contribution in [0.25, 0.3) is 22.3 Å². The Hall–Kier alpha value is -2.25. The van der Waals surface area contributed by atoms with Crippen molar-refractivity contribution < 1.29 is 4.79 Å². The Bertz CT molecular complexity index is 823. The fourth-order valence-corrected chi connectivity index (χ4v) is 3.17. The molecule has 6 nitrogen and oxygen atoms in total. The van der Waals surface area contributed by atoms with Crippen molar-refractivity contribution in [2.24, 2.45) is 11.7 Å². The maximum Gasteiger partial charge on any atom is 0.243 e. The Morgan fingerprint density at radius 1 is 1.43 bits per heavy atom. The molecule has 0 spiro atoms. The molecule has 0 radical (unpaired) electrons. The molecule has 120 valence electrons. The monoisotopic (exact) mass is 329 g/mol. The van der Waals surface area contributed by atoms with E-state index >= 15 is 0 Å². The Balaban J connectivity index is 1.78. The zero-order valence-corrected chi connectivity index (χ0v) is 13.9. The largest absolute Gasteiger partial charge is 0.346 e. The van der Waals surface area contributed by atoms with Gasteiger partial charge in [0, 0.05) is 28.7 Å². The van der Waals surface area contributed by atoms with E-state index in [1.54, 1.807) is 6.20 Å². The molecule has 0 saturated carbocycles. The highest BCUT2D eigenvalue weighted by Crippen LogP contribution is 2.29. The number of hydrogen-bond donors (Lipinski definition) is 3. The average Bonchev–Trinajstić information content (AvgIpc) is 3.14. The van der Waals surface area contributed by atoms with Gasteiger partial charge in [0.25, 0.3) is 0 Å². The van der Waals surface area contributed by atoms with Crippen LogP contribution >= 0.6 is 11.3 Å². The van der Waals surface area contributed by atoms with Crippen LogP contribution in [0.4, 0.5) is 5.13 Å². The maximum atomic E-state index is 12.1. The smallest absolute Gasteiger partial charge is 0.243 e. The third-order valence-corrected chi connectivity index (χ3v) is 4.29. The average molecular weight is 329 g/mol. The number of nitrogens with two attached hydrogens (primary N) is 1. The number of nitrogens with zero attached hydrogens (tertiary/aromatic N) is 2. The molecular weight excluding hydrogens is 310 g/mol. The van der Waals surface area contributed by atoms with Crippen molar-refractivity contribution in [3.8, 4) is 11.3 Å². The highest BCUT2D eigenvalue weighted by Gasteiger charge is 2.17. The van der Waals surface area contributed by atoms with Gasteiger partial charge in [0.05, 0.1) is 11.7 Å². The van der Waals surface area contributed by atoms with E-state index in [1.807, 2.05) is 37.6 Å². The molecule has 1 atom stereocenters. The molecule has 0 unspecified atom stereocenters. The van der Waals surface area contributed by atoms with E-state index in [0.717, 1.165) is 22.3 Å². The predicted molar refractivity (Wildman–Crippen MR) is 93.3 cm³/mol. The van der Waals surface area contributed by atoms with E-state index in [9.17, 15) is 4.79 Å². The number of H-pyrrole nitrogens is 1. The van der Waals surface area contributed by atoms with E-state index in [0.29, 0.717) is 17.5 Å². The fourth-order valence-electron chi connectivity index (χ4n) is 2.45. The van der Waals surface area contributed by atoms with E-state index in [2.05, 4.69) is 20.3 Å². The minimum Gasteiger partial charge on any atom is -0.346 e. The lowest BCUT2D eigenvalue weighted by molar-refractivity contribution is -0.117. The van der Waals surface area contributed by atoms with Gasteiger partial charge in [-0.05, 0) is 24.5 Å². The normalized spacial score (nSPS) is 12.7.